The molecular formula is C20H20ClN7O2. The molecule has 3 aromatic rings. The molecule has 3 atom stereocenters. The van der Waals surface area contributed by atoms with E-state index in [0.717, 1.165) is 19.3 Å². The molecule has 2 aliphatic rings. The molecule has 0 spiro atoms. The first-order chi connectivity index (χ1) is 14.5. The number of urea groups is 1. The standard InChI is InChI=1S/C20H20ClN7O2/c1-11-7-14-10-20(9-11,18-27-25-12(2)30-18)28(14)19(29)24-13-3-4-16(21)15(8-13)17-22-5-6-23-26-17/h3-6,8,11,14H,7,9-10H2,1-2H3,(H,24,29)/t11-,14?,20?/m0/s1. The van der Waals surface area contributed by atoms with Crippen molar-refractivity contribution >= 4 is 23.3 Å². The van der Waals surface area contributed by atoms with Crippen LogP contribution in [0.3, 0.4) is 0 Å². The number of amides is 2. The van der Waals surface area contributed by atoms with E-state index in [0.29, 0.717) is 39.8 Å². The number of piperidine rings is 1. The predicted molar refractivity (Wildman–Crippen MR) is 109 cm³/mol. The second kappa shape index (κ2) is 7.02. The Morgan fingerprint density at radius 3 is 2.87 bits per heavy atom. The van der Waals surface area contributed by atoms with Gasteiger partial charge in [-0.15, -0.1) is 15.3 Å². The lowest BCUT2D eigenvalue weighted by Crippen LogP contribution is -2.70. The quantitative estimate of drug-likeness (QED) is 0.679. The molecule has 2 unspecified atom stereocenters. The van der Waals surface area contributed by atoms with Gasteiger partial charge in [-0.25, -0.2) is 9.78 Å². The van der Waals surface area contributed by atoms with Crippen molar-refractivity contribution in [3.8, 4) is 11.4 Å². The lowest BCUT2D eigenvalue weighted by Gasteiger charge is -2.61. The first kappa shape index (κ1) is 18.9. The summed E-state index contributed by atoms with van der Waals surface area (Å²) >= 11 is 6.31. The van der Waals surface area contributed by atoms with Gasteiger partial charge in [-0.05, 0) is 37.0 Å². The smallest absolute Gasteiger partial charge is 0.323 e. The molecule has 10 heteroatoms. The van der Waals surface area contributed by atoms with Crippen molar-refractivity contribution in [2.75, 3.05) is 5.32 Å². The molecule has 1 aromatic carbocycles. The number of carbonyl (C=O) groups is 1. The van der Waals surface area contributed by atoms with Crippen LogP contribution in [0.25, 0.3) is 11.4 Å². The van der Waals surface area contributed by atoms with Crippen molar-refractivity contribution in [1.82, 2.24) is 30.3 Å². The minimum atomic E-state index is -0.546. The Morgan fingerprint density at radius 2 is 2.13 bits per heavy atom. The number of nitrogens with one attached hydrogen (secondary N) is 1. The van der Waals surface area contributed by atoms with E-state index in [4.69, 9.17) is 16.0 Å². The highest BCUT2D eigenvalue weighted by Gasteiger charge is 2.62. The van der Waals surface area contributed by atoms with Gasteiger partial charge < -0.3 is 14.6 Å². The molecule has 2 bridgehead atoms. The third-order valence-corrected chi connectivity index (χ3v) is 6.17. The average molecular weight is 426 g/mol. The molecule has 1 N–H and O–H groups in total. The SMILES string of the molecule is Cc1nnc(C23CC(C[C@H](C)C2)N3C(=O)Nc2ccc(Cl)c(-c3nccnn3)c2)o1. The third kappa shape index (κ3) is 3.00. The average Bonchev–Trinajstić information content (AvgIpc) is 3.16. The number of aromatic nitrogens is 5. The normalized spacial score (nSPS) is 25.0. The van der Waals surface area contributed by atoms with Gasteiger partial charge in [-0.2, -0.15) is 5.10 Å². The Labute approximate surface area is 177 Å². The van der Waals surface area contributed by atoms with Crippen molar-refractivity contribution < 1.29 is 9.21 Å². The Morgan fingerprint density at radius 1 is 1.27 bits per heavy atom. The number of likely N-dealkylation sites (tertiary alicyclic amines) is 1. The van der Waals surface area contributed by atoms with E-state index in [-0.39, 0.29) is 12.1 Å². The van der Waals surface area contributed by atoms with Gasteiger partial charge in [0.05, 0.1) is 11.2 Å². The number of fused-ring (bicyclic) bond motifs is 2. The van der Waals surface area contributed by atoms with E-state index >= 15 is 0 Å². The Kier molecular flexibility index (Phi) is 4.43. The van der Waals surface area contributed by atoms with Gasteiger partial charge in [0, 0.05) is 36.8 Å². The topological polar surface area (TPSA) is 110 Å². The minimum Gasteiger partial charge on any atom is -0.423 e. The van der Waals surface area contributed by atoms with Crippen LogP contribution in [0.2, 0.25) is 5.02 Å². The molecule has 1 saturated carbocycles. The molecule has 154 valence electrons. The number of nitrogens with zero attached hydrogens (tertiary/aromatic N) is 6. The van der Waals surface area contributed by atoms with Crippen LogP contribution < -0.4 is 5.32 Å². The van der Waals surface area contributed by atoms with Gasteiger partial charge in [0.15, 0.2) is 5.82 Å². The number of hydrogen-bond donors (Lipinski definition) is 1. The van der Waals surface area contributed by atoms with E-state index in [1.165, 1.54) is 6.20 Å². The fraction of sp³-hybridized carbons (Fsp3) is 0.400. The van der Waals surface area contributed by atoms with Crippen molar-refractivity contribution in [3.63, 3.8) is 0 Å². The molecular weight excluding hydrogens is 406 g/mol. The van der Waals surface area contributed by atoms with Crippen LogP contribution in [0.15, 0.2) is 35.0 Å². The van der Waals surface area contributed by atoms with Crippen LogP contribution in [0.4, 0.5) is 10.5 Å². The molecule has 2 fully saturated rings. The maximum Gasteiger partial charge on any atom is 0.323 e. The van der Waals surface area contributed by atoms with Crippen LogP contribution in [0, 0.1) is 12.8 Å². The molecule has 1 aliphatic carbocycles. The number of benzene rings is 1. The summed E-state index contributed by atoms with van der Waals surface area (Å²) in [6.45, 7) is 3.95. The Balaban J connectivity index is 1.43. The number of anilines is 1. The first-order valence-electron chi connectivity index (χ1n) is 9.81. The maximum absolute atomic E-state index is 13.3. The highest BCUT2D eigenvalue weighted by Crippen LogP contribution is 2.55. The number of rotatable bonds is 3. The maximum atomic E-state index is 13.3. The first-order valence-corrected chi connectivity index (χ1v) is 10.2. The molecule has 5 rings (SSSR count). The Bertz CT molecular complexity index is 1110. The van der Waals surface area contributed by atoms with Gasteiger partial charge in [-0.3, -0.25) is 0 Å². The molecule has 3 heterocycles. The lowest BCUT2D eigenvalue weighted by molar-refractivity contribution is -0.110. The summed E-state index contributed by atoms with van der Waals surface area (Å²) < 4.78 is 5.75. The van der Waals surface area contributed by atoms with Gasteiger partial charge >= 0.3 is 6.03 Å². The van der Waals surface area contributed by atoms with Crippen LogP contribution in [-0.2, 0) is 5.54 Å². The van der Waals surface area contributed by atoms with Gasteiger partial charge in [0.1, 0.15) is 5.54 Å². The fourth-order valence-corrected chi connectivity index (χ4v) is 4.96. The van der Waals surface area contributed by atoms with Gasteiger partial charge in [0.2, 0.25) is 11.8 Å². The zero-order chi connectivity index (χ0) is 20.9. The number of halogens is 1. The van der Waals surface area contributed by atoms with E-state index in [1.54, 1.807) is 31.3 Å². The summed E-state index contributed by atoms with van der Waals surface area (Å²) in [6.07, 6.45) is 5.63. The molecule has 1 saturated heterocycles. The monoisotopic (exact) mass is 425 g/mol. The van der Waals surface area contributed by atoms with Crippen molar-refractivity contribution in [1.29, 1.82) is 0 Å². The summed E-state index contributed by atoms with van der Waals surface area (Å²) in [6, 6.07) is 5.16. The minimum absolute atomic E-state index is 0.148. The summed E-state index contributed by atoms with van der Waals surface area (Å²) in [7, 11) is 0. The highest BCUT2D eigenvalue weighted by molar-refractivity contribution is 6.33. The second-order valence-electron chi connectivity index (χ2n) is 8.02. The second-order valence-corrected chi connectivity index (χ2v) is 8.43. The summed E-state index contributed by atoms with van der Waals surface area (Å²) in [5.41, 5.74) is 0.652. The molecule has 2 aromatic heterocycles. The Hall–Kier alpha value is -3.07. The zero-order valence-electron chi connectivity index (χ0n) is 16.5. The molecule has 2 amide bonds. The van der Waals surface area contributed by atoms with E-state index in [1.807, 2.05) is 4.90 Å². The van der Waals surface area contributed by atoms with Crippen LogP contribution in [0.5, 0.6) is 0 Å². The van der Waals surface area contributed by atoms with Crippen LogP contribution >= 0.6 is 11.6 Å². The molecule has 1 aliphatic heterocycles. The summed E-state index contributed by atoms with van der Waals surface area (Å²) in [5.74, 6) is 1.88. The predicted octanol–water partition coefficient (Wildman–Crippen LogP) is 3.82. The van der Waals surface area contributed by atoms with Gasteiger partial charge in [-0.1, -0.05) is 18.5 Å². The highest BCUT2D eigenvalue weighted by atomic mass is 35.5. The van der Waals surface area contributed by atoms with Crippen LogP contribution in [0.1, 0.15) is 38.0 Å². The van der Waals surface area contributed by atoms with E-state index in [2.05, 4.69) is 37.6 Å². The molecule has 30 heavy (non-hydrogen) atoms. The zero-order valence-corrected chi connectivity index (χ0v) is 17.3. The number of carbonyl (C=O) groups excluding carboxylic acids is 1. The van der Waals surface area contributed by atoms with Crippen molar-refractivity contribution in [2.24, 2.45) is 5.92 Å². The van der Waals surface area contributed by atoms with Crippen molar-refractivity contribution in [2.45, 2.75) is 44.7 Å². The lowest BCUT2D eigenvalue weighted by atomic mass is 9.64. The number of aryl methyl sites for hydroxylation is 1. The molecule has 9 nitrogen and oxygen atoms in total. The van der Waals surface area contributed by atoms with Crippen molar-refractivity contribution in [3.05, 3.63) is 47.4 Å². The van der Waals surface area contributed by atoms with Crippen LogP contribution in [-0.4, -0.2) is 42.4 Å². The molecule has 0 radical (unpaired) electrons. The third-order valence-electron chi connectivity index (χ3n) is 5.84. The van der Waals surface area contributed by atoms with E-state index < -0.39 is 5.54 Å². The largest absolute Gasteiger partial charge is 0.423 e. The van der Waals surface area contributed by atoms with Gasteiger partial charge in [0.25, 0.3) is 0 Å². The fourth-order valence-electron chi connectivity index (χ4n) is 4.76. The summed E-state index contributed by atoms with van der Waals surface area (Å²) in [5, 5.41) is 19.5. The summed E-state index contributed by atoms with van der Waals surface area (Å²) in [4.78, 5) is 19.3. The number of hydrogen-bond acceptors (Lipinski definition) is 7. The van der Waals surface area contributed by atoms with E-state index in [9.17, 15) is 4.79 Å².